The van der Waals surface area contributed by atoms with Gasteiger partial charge >= 0.3 is 0 Å². The molecule has 124 valence electrons. The molecular formula is C22H18ClNO. The monoisotopic (exact) mass is 347 g/mol. The van der Waals surface area contributed by atoms with Gasteiger partial charge in [-0.25, -0.2) is 0 Å². The molecule has 0 radical (unpaired) electrons. The molecule has 0 spiro atoms. The fourth-order valence-electron chi connectivity index (χ4n) is 3.13. The van der Waals surface area contributed by atoms with Crippen LogP contribution in [0.5, 0.6) is 0 Å². The molecule has 0 unspecified atom stereocenters. The zero-order chi connectivity index (χ0) is 17.4. The van der Waals surface area contributed by atoms with Gasteiger partial charge in [-0.1, -0.05) is 43.6 Å². The molecule has 1 aliphatic rings. The molecule has 3 aromatic rings. The van der Waals surface area contributed by atoms with Crippen LogP contribution in [0.25, 0.3) is 17.4 Å². The van der Waals surface area contributed by atoms with Crippen LogP contribution in [0.1, 0.15) is 25.2 Å². The van der Waals surface area contributed by atoms with Crippen molar-refractivity contribution in [3.63, 3.8) is 0 Å². The molecule has 1 aliphatic heterocycles. The van der Waals surface area contributed by atoms with E-state index < -0.39 is 0 Å². The largest absolute Gasteiger partial charge is 0.457 e. The van der Waals surface area contributed by atoms with Gasteiger partial charge in [0, 0.05) is 16.0 Å². The summed E-state index contributed by atoms with van der Waals surface area (Å²) in [5, 5.41) is 0.719. The lowest BCUT2D eigenvalue weighted by molar-refractivity contribution is 0.572. The van der Waals surface area contributed by atoms with Crippen molar-refractivity contribution in [2.45, 2.75) is 19.3 Å². The Morgan fingerprint density at radius 1 is 0.920 bits per heavy atom. The fourth-order valence-corrected chi connectivity index (χ4v) is 3.25. The van der Waals surface area contributed by atoms with Gasteiger partial charge in [-0.15, -0.1) is 0 Å². The predicted molar refractivity (Wildman–Crippen MR) is 105 cm³/mol. The standard InChI is InChI=1S/C22H18ClNO/c1-22(2)18-5-3-4-6-19(18)24-21(22)14-12-17-11-13-20(25-17)15-7-9-16(23)10-8-15/h3-14H,1-2H3/b14-12+. The van der Waals surface area contributed by atoms with E-state index in [0.29, 0.717) is 0 Å². The Hall–Kier alpha value is -2.58. The van der Waals surface area contributed by atoms with E-state index in [1.54, 1.807) is 0 Å². The molecule has 0 fully saturated rings. The van der Waals surface area contributed by atoms with Crippen molar-refractivity contribution >= 4 is 29.1 Å². The summed E-state index contributed by atoms with van der Waals surface area (Å²) < 4.78 is 5.93. The zero-order valence-corrected chi connectivity index (χ0v) is 14.9. The Morgan fingerprint density at radius 2 is 1.68 bits per heavy atom. The molecule has 0 atom stereocenters. The molecule has 0 N–H and O–H groups in total. The summed E-state index contributed by atoms with van der Waals surface area (Å²) >= 11 is 5.94. The van der Waals surface area contributed by atoms with Crippen LogP contribution in [-0.2, 0) is 5.41 Å². The molecule has 25 heavy (non-hydrogen) atoms. The first-order chi connectivity index (χ1) is 12.0. The third-order valence-corrected chi connectivity index (χ3v) is 4.87. The van der Waals surface area contributed by atoms with E-state index in [0.717, 1.165) is 33.5 Å². The lowest BCUT2D eigenvalue weighted by atomic mass is 9.81. The lowest BCUT2D eigenvalue weighted by Crippen LogP contribution is -2.23. The summed E-state index contributed by atoms with van der Waals surface area (Å²) in [7, 11) is 0. The number of furan rings is 1. The van der Waals surface area contributed by atoms with Crippen molar-refractivity contribution < 1.29 is 4.42 Å². The number of hydrogen-bond acceptors (Lipinski definition) is 2. The molecule has 0 aliphatic carbocycles. The molecule has 2 nitrogen and oxygen atoms in total. The predicted octanol–water partition coefficient (Wildman–Crippen LogP) is 6.68. The second-order valence-electron chi connectivity index (χ2n) is 6.68. The van der Waals surface area contributed by atoms with E-state index in [9.17, 15) is 0 Å². The number of allylic oxidation sites excluding steroid dienone is 1. The molecule has 2 heterocycles. The summed E-state index contributed by atoms with van der Waals surface area (Å²) in [4.78, 5) is 4.77. The fraction of sp³-hybridized carbons (Fsp3) is 0.136. The van der Waals surface area contributed by atoms with Crippen LogP contribution < -0.4 is 0 Å². The van der Waals surface area contributed by atoms with Crippen molar-refractivity contribution in [3.05, 3.63) is 83.1 Å². The third-order valence-electron chi connectivity index (χ3n) is 4.62. The van der Waals surface area contributed by atoms with Crippen LogP contribution in [0, 0.1) is 0 Å². The third kappa shape index (κ3) is 2.94. The maximum absolute atomic E-state index is 5.94. The van der Waals surface area contributed by atoms with Gasteiger partial charge < -0.3 is 4.42 Å². The smallest absolute Gasteiger partial charge is 0.134 e. The lowest BCUT2D eigenvalue weighted by Gasteiger charge is -2.19. The molecule has 0 saturated carbocycles. The van der Waals surface area contributed by atoms with Crippen molar-refractivity contribution in [3.8, 4) is 11.3 Å². The van der Waals surface area contributed by atoms with Gasteiger partial charge in [-0.3, -0.25) is 4.99 Å². The van der Waals surface area contributed by atoms with Crippen molar-refractivity contribution in [2.24, 2.45) is 4.99 Å². The van der Waals surface area contributed by atoms with E-state index in [4.69, 9.17) is 21.0 Å². The first kappa shape index (κ1) is 15.9. The van der Waals surface area contributed by atoms with Crippen molar-refractivity contribution in [1.29, 1.82) is 0 Å². The first-order valence-electron chi connectivity index (χ1n) is 8.26. The van der Waals surface area contributed by atoms with Crippen LogP contribution >= 0.6 is 11.6 Å². The molecule has 0 bridgehead atoms. The molecule has 0 amide bonds. The number of aliphatic imine (C=N–C) groups is 1. The van der Waals surface area contributed by atoms with Crippen LogP contribution in [0.2, 0.25) is 5.02 Å². The number of rotatable bonds is 3. The van der Waals surface area contributed by atoms with Gasteiger partial charge in [0.05, 0.1) is 11.4 Å². The maximum Gasteiger partial charge on any atom is 0.134 e. The second kappa shape index (κ2) is 6.05. The average Bonchev–Trinajstić information content (AvgIpc) is 3.17. The minimum Gasteiger partial charge on any atom is -0.457 e. The van der Waals surface area contributed by atoms with Crippen LogP contribution in [-0.4, -0.2) is 5.71 Å². The van der Waals surface area contributed by atoms with E-state index in [1.807, 2.05) is 54.6 Å². The summed E-state index contributed by atoms with van der Waals surface area (Å²) in [6.45, 7) is 4.40. The Kier molecular flexibility index (Phi) is 3.85. The van der Waals surface area contributed by atoms with E-state index >= 15 is 0 Å². The highest BCUT2D eigenvalue weighted by Gasteiger charge is 2.32. The van der Waals surface area contributed by atoms with Gasteiger partial charge in [0.25, 0.3) is 0 Å². The highest BCUT2D eigenvalue weighted by atomic mass is 35.5. The van der Waals surface area contributed by atoms with Crippen LogP contribution in [0.15, 0.2) is 76.1 Å². The first-order valence-corrected chi connectivity index (χ1v) is 8.64. The molecule has 4 rings (SSSR count). The van der Waals surface area contributed by atoms with Crippen molar-refractivity contribution in [1.82, 2.24) is 0 Å². The van der Waals surface area contributed by atoms with E-state index in [1.165, 1.54) is 5.56 Å². The van der Waals surface area contributed by atoms with Gasteiger partial charge in [0.2, 0.25) is 0 Å². The quantitative estimate of drug-likeness (QED) is 0.519. The van der Waals surface area contributed by atoms with Crippen LogP contribution in [0.3, 0.4) is 0 Å². The van der Waals surface area contributed by atoms with E-state index in [-0.39, 0.29) is 5.41 Å². The topological polar surface area (TPSA) is 25.5 Å². The summed E-state index contributed by atoms with van der Waals surface area (Å²) in [6.07, 6.45) is 4.02. The maximum atomic E-state index is 5.94. The van der Waals surface area contributed by atoms with Gasteiger partial charge in [0.15, 0.2) is 0 Å². The molecule has 0 saturated heterocycles. The normalized spacial score (nSPS) is 15.4. The SMILES string of the molecule is CC1(C)C(/C=C/c2ccc(-c3ccc(Cl)cc3)o2)=Nc2ccccc21. The molecule has 1 aromatic heterocycles. The van der Waals surface area contributed by atoms with E-state index in [2.05, 4.69) is 32.0 Å². The van der Waals surface area contributed by atoms with Gasteiger partial charge in [-0.05, 0) is 60.2 Å². The highest BCUT2D eigenvalue weighted by Crippen LogP contribution is 2.40. The Morgan fingerprint density at radius 3 is 2.44 bits per heavy atom. The van der Waals surface area contributed by atoms with Gasteiger partial charge in [0.1, 0.15) is 11.5 Å². The number of fused-ring (bicyclic) bond motifs is 1. The minimum absolute atomic E-state index is 0.0985. The Balaban J connectivity index is 1.58. The number of hydrogen-bond donors (Lipinski definition) is 0. The Labute approximate surface area is 152 Å². The molecule has 3 heteroatoms. The number of benzene rings is 2. The van der Waals surface area contributed by atoms with Crippen LogP contribution in [0.4, 0.5) is 5.69 Å². The van der Waals surface area contributed by atoms with Gasteiger partial charge in [-0.2, -0.15) is 0 Å². The number of para-hydroxylation sites is 1. The Bertz CT molecular complexity index is 977. The second-order valence-corrected chi connectivity index (χ2v) is 7.12. The molecular weight excluding hydrogens is 330 g/mol. The number of halogens is 1. The highest BCUT2D eigenvalue weighted by molar-refractivity contribution is 6.30. The van der Waals surface area contributed by atoms with Crippen molar-refractivity contribution in [2.75, 3.05) is 0 Å². The number of nitrogens with zero attached hydrogens (tertiary/aromatic N) is 1. The minimum atomic E-state index is -0.0985. The summed E-state index contributed by atoms with van der Waals surface area (Å²) in [5.41, 5.74) is 4.26. The molecule has 2 aromatic carbocycles. The summed E-state index contributed by atoms with van der Waals surface area (Å²) in [6, 6.07) is 19.9. The zero-order valence-electron chi connectivity index (χ0n) is 14.2. The average molecular weight is 348 g/mol. The summed E-state index contributed by atoms with van der Waals surface area (Å²) in [5.74, 6) is 1.63.